The minimum Gasteiger partial charge on any atom is -0.379 e. The maximum absolute atomic E-state index is 12.0. The second kappa shape index (κ2) is 8.40. The Balaban J connectivity index is 1.82. The van der Waals surface area contributed by atoms with E-state index in [0.717, 1.165) is 37.7 Å². The fourth-order valence-corrected chi connectivity index (χ4v) is 3.13. The zero-order chi connectivity index (χ0) is 15.9. The number of morpholine rings is 1. The molecule has 1 saturated heterocycles. The maximum atomic E-state index is 12.0. The Morgan fingerprint density at radius 1 is 1.36 bits per heavy atom. The first-order valence-electron chi connectivity index (χ1n) is 7.71. The Kier molecular flexibility index (Phi) is 6.53. The molecule has 0 spiro atoms. The van der Waals surface area contributed by atoms with Gasteiger partial charge >= 0.3 is 6.03 Å². The van der Waals surface area contributed by atoms with Gasteiger partial charge in [-0.15, -0.1) is 10.2 Å². The fraction of sp³-hybridized carbons (Fsp3) is 0.786. The first-order chi connectivity index (χ1) is 10.5. The van der Waals surface area contributed by atoms with Gasteiger partial charge in [0.05, 0.1) is 13.2 Å². The Morgan fingerprint density at radius 3 is 2.68 bits per heavy atom. The molecule has 2 amide bonds. The van der Waals surface area contributed by atoms with Crippen molar-refractivity contribution in [1.29, 1.82) is 0 Å². The fourth-order valence-electron chi connectivity index (χ4n) is 2.55. The highest BCUT2D eigenvalue weighted by molar-refractivity contribution is 7.15. The van der Waals surface area contributed by atoms with Crippen LogP contribution in [0.1, 0.15) is 25.3 Å². The summed E-state index contributed by atoms with van der Waals surface area (Å²) >= 11 is 1.37. The van der Waals surface area contributed by atoms with Gasteiger partial charge in [-0.3, -0.25) is 10.2 Å². The number of hydrogen-bond donors (Lipinski definition) is 2. The van der Waals surface area contributed by atoms with Crippen LogP contribution in [-0.2, 0) is 4.74 Å². The third kappa shape index (κ3) is 5.51. The van der Waals surface area contributed by atoms with Gasteiger partial charge in [-0.1, -0.05) is 25.2 Å². The van der Waals surface area contributed by atoms with E-state index in [1.54, 1.807) is 0 Å². The van der Waals surface area contributed by atoms with Crippen LogP contribution in [0.25, 0.3) is 0 Å². The molecular formula is C14H25N5O2S. The molecule has 2 N–H and O–H groups in total. The van der Waals surface area contributed by atoms with Crippen LogP contribution < -0.4 is 10.6 Å². The van der Waals surface area contributed by atoms with Gasteiger partial charge in [0, 0.05) is 25.7 Å². The predicted octanol–water partition coefficient (Wildman–Crippen LogP) is 1.71. The molecule has 0 aliphatic carbocycles. The Labute approximate surface area is 135 Å². The summed E-state index contributed by atoms with van der Waals surface area (Å²) < 4.78 is 5.41. The molecular weight excluding hydrogens is 302 g/mol. The first kappa shape index (κ1) is 17.1. The molecule has 1 aromatic rings. The van der Waals surface area contributed by atoms with Gasteiger partial charge in [-0.05, 0) is 19.3 Å². The highest BCUT2D eigenvalue weighted by Gasteiger charge is 2.22. The molecule has 7 nitrogen and oxygen atoms in total. The van der Waals surface area contributed by atoms with Crippen molar-refractivity contribution < 1.29 is 9.53 Å². The van der Waals surface area contributed by atoms with E-state index >= 15 is 0 Å². The van der Waals surface area contributed by atoms with Crippen molar-refractivity contribution in [2.75, 3.05) is 38.2 Å². The number of aryl methyl sites for hydroxylation is 1. The van der Waals surface area contributed by atoms with Crippen LogP contribution in [0, 0.1) is 12.8 Å². The highest BCUT2D eigenvalue weighted by atomic mass is 32.1. The number of carbonyl (C=O) groups is 1. The van der Waals surface area contributed by atoms with Crippen LogP contribution in [0.5, 0.6) is 0 Å². The molecule has 1 aliphatic rings. The van der Waals surface area contributed by atoms with Gasteiger partial charge in [0.15, 0.2) is 0 Å². The highest BCUT2D eigenvalue weighted by Crippen LogP contribution is 2.14. The monoisotopic (exact) mass is 327 g/mol. The topological polar surface area (TPSA) is 79.4 Å². The third-order valence-electron chi connectivity index (χ3n) is 3.55. The Bertz CT molecular complexity index is 474. The number of hydrogen-bond acceptors (Lipinski definition) is 6. The minimum absolute atomic E-state index is 0.224. The number of urea groups is 1. The van der Waals surface area contributed by atoms with E-state index in [4.69, 9.17) is 4.74 Å². The molecule has 22 heavy (non-hydrogen) atoms. The van der Waals surface area contributed by atoms with E-state index < -0.39 is 0 Å². The summed E-state index contributed by atoms with van der Waals surface area (Å²) in [5, 5.41) is 14.8. The third-order valence-corrected chi connectivity index (χ3v) is 4.30. The average Bonchev–Trinajstić information content (AvgIpc) is 2.89. The molecule has 1 aliphatic heterocycles. The molecule has 0 saturated carbocycles. The van der Waals surface area contributed by atoms with Gasteiger partial charge < -0.3 is 10.1 Å². The van der Waals surface area contributed by atoms with Gasteiger partial charge in [0.25, 0.3) is 0 Å². The summed E-state index contributed by atoms with van der Waals surface area (Å²) in [4.78, 5) is 14.4. The number of carbonyl (C=O) groups excluding carboxylic acids is 1. The van der Waals surface area contributed by atoms with Gasteiger partial charge in [-0.25, -0.2) is 4.79 Å². The summed E-state index contributed by atoms with van der Waals surface area (Å²) in [7, 11) is 0. The summed E-state index contributed by atoms with van der Waals surface area (Å²) in [5.74, 6) is 0.587. The summed E-state index contributed by atoms with van der Waals surface area (Å²) in [6.45, 7) is 10.3. The maximum Gasteiger partial charge on any atom is 0.321 e. The second-order valence-corrected chi connectivity index (χ2v) is 7.07. The largest absolute Gasteiger partial charge is 0.379 e. The first-order valence-corrected chi connectivity index (χ1v) is 8.53. The van der Waals surface area contributed by atoms with Crippen LogP contribution in [0.15, 0.2) is 0 Å². The lowest BCUT2D eigenvalue weighted by Gasteiger charge is -2.35. The van der Waals surface area contributed by atoms with E-state index in [-0.39, 0.29) is 6.03 Å². The van der Waals surface area contributed by atoms with Crippen molar-refractivity contribution in [2.24, 2.45) is 5.92 Å². The van der Waals surface area contributed by atoms with Crippen molar-refractivity contribution >= 4 is 22.5 Å². The molecule has 1 aromatic heterocycles. The number of rotatable bonds is 6. The predicted molar refractivity (Wildman–Crippen MR) is 87.3 cm³/mol. The number of anilines is 1. The summed E-state index contributed by atoms with van der Waals surface area (Å²) in [6.07, 6.45) is 1.05. The lowest BCUT2D eigenvalue weighted by Crippen LogP contribution is -2.49. The summed E-state index contributed by atoms with van der Waals surface area (Å²) in [6, 6.07) is 0.115. The summed E-state index contributed by atoms with van der Waals surface area (Å²) in [5.41, 5.74) is 0. The second-order valence-electron chi connectivity index (χ2n) is 5.89. The van der Waals surface area contributed by atoms with Crippen molar-refractivity contribution in [2.45, 2.75) is 33.2 Å². The molecule has 1 atom stereocenters. The van der Waals surface area contributed by atoms with E-state index in [2.05, 4.69) is 39.6 Å². The van der Waals surface area contributed by atoms with E-state index in [1.807, 2.05) is 6.92 Å². The van der Waals surface area contributed by atoms with Crippen molar-refractivity contribution in [3.05, 3.63) is 5.01 Å². The number of aromatic nitrogens is 2. The van der Waals surface area contributed by atoms with Gasteiger partial charge in [0.1, 0.15) is 5.01 Å². The van der Waals surface area contributed by atoms with Crippen LogP contribution >= 0.6 is 11.3 Å². The molecule has 0 bridgehead atoms. The lowest BCUT2D eigenvalue weighted by atomic mass is 10.0. The average molecular weight is 327 g/mol. The molecule has 0 radical (unpaired) electrons. The van der Waals surface area contributed by atoms with Crippen LogP contribution in [-0.4, -0.2) is 60.0 Å². The zero-order valence-corrected chi connectivity index (χ0v) is 14.3. The van der Waals surface area contributed by atoms with E-state index in [1.165, 1.54) is 11.3 Å². The SMILES string of the molecule is Cc1nnc(NC(=O)NC[C@@H](CC(C)C)N2CCOCC2)s1. The molecule has 2 heterocycles. The zero-order valence-electron chi connectivity index (χ0n) is 13.5. The molecule has 1 fully saturated rings. The van der Waals surface area contributed by atoms with E-state index in [9.17, 15) is 4.79 Å². The molecule has 0 unspecified atom stereocenters. The standard InChI is InChI=1S/C14H25N5O2S/c1-10(2)8-12(19-4-6-21-7-5-19)9-15-13(20)16-14-18-17-11(3)22-14/h10,12H,4-9H2,1-3H3,(H2,15,16,18,20)/t12-/m1/s1. The minimum atomic E-state index is -0.224. The van der Waals surface area contributed by atoms with Crippen molar-refractivity contribution in [3.63, 3.8) is 0 Å². The number of nitrogens with one attached hydrogen (secondary N) is 2. The van der Waals surface area contributed by atoms with Crippen molar-refractivity contribution in [1.82, 2.24) is 20.4 Å². The number of amides is 2. The van der Waals surface area contributed by atoms with Crippen LogP contribution in [0.3, 0.4) is 0 Å². The van der Waals surface area contributed by atoms with Crippen molar-refractivity contribution in [3.8, 4) is 0 Å². The number of nitrogens with zero attached hydrogens (tertiary/aromatic N) is 3. The smallest absolute Gasteiger partial charge is 0.321 e. The van der Waals surface area contributed by atoms with Crippen LogP contribution in [0.4, 0.5) is 9.93 Å². The number of ether oxygens (including phenoxy) is 1. The Morgan fingerprint density at radius 2 is 2.09 bits per heavy atom. The quantitative estimate of drug-likeness (QED) is 0.831. The molecule has 124 valence electrons. The molecule has 8 heteroatoms. The molecule has 2 rings (SSSR count). The van der Waals surface area contributed by atoms with Gasteiger partial charge in [-0.2, -0.15) is 0 Å². The Hall–Kier alpha value is -1.25. The normalized spacial score (nSPS) is 17.5. The molecule has 0 aromatic carbocycles. The van der Waals surface area contributed by atoms with Crippen LogP contribution in [0.2, 0.25) is 0 Å². The van der Waals surface area contributed by atoms with E-state index in [0.29, 0.717) is 23.6 Å². The lowest BCUT2D eigenvalue weighted by molar-refractivity contribution is 0.0130. The van der Waals surface area contributed by atoms with Gasteiger partial charge in [0.2, 0.25) is 5.13 Å².